The van der Waals surface area contributed by atoms with E-state index in [2.05, 4.69) is 25.1 Å². The number of nitrogens with zero attached hydrogens (tertiary/aromatic N) is 4. The molecule has 0 unspecified atom stereocenters. The molecule has 100 valence electrons. The number of hydrogen-bond acceptors (Lipinski definition) is 6. The van der Waals surface area contributed by atoms with Crippen LogP contribution < -0.4 is 10.6 Å². The summed E-state index contributed by atoms with van der Waals surface area (Å²) in [6.07, 6.45) is 1.64. The van der Waals surface area contributed by atoms with Crippen LogP contribution in [-0.4, -0.2) is 52.6 Å². The Morgan fingerprint density at radius 2 is 2.11 bits per heavy atom. The normalized spacial score (nSPS) is 16.9. The van der Waals surface area contributed by atoms with Crippen molar-refractivity contribution in [3.8, 4) is 0 Å². The third kappa shape index (κ3) is 2.68. The summed E-state index contributed by atoms with van der Waals surface area (Å²) < 4.78 is 1.17. The van der Waals surface area contributed by atoms with Gasteiger partial charge in [0.15, 0.2) is 0 Å². The molecule has 0 radical (unpaired) electrons. The average Bonchev–Trinajstić information content (AvgIpc) is 2.87. The first-order valence-corrected chi connectivity index (χ1v) is 7.46. The number of nitrogens with two attached hydrogens (primary N) is 1. The summed E-state index contributed by atoms with van der Waals surface area (Å²) in [7, 11) is 0. The SMILES string of the molecule is NC(=S)CN1CCN(c2ncnc3ccsc23)CC1. The summed E-state index contributed by atoms with van der Waals surface area (Å²) >= 11 is 6.65. The lowest BCUT2D eigenvalue weighted by atomic mass is 10.3. The molecule has 0 bridgehead atoms. The molecule has 1 aliphatic heterocycles. The monoisotopic (exact) mass is 293 g/mol. The van der Waals surface area contributed by atoms with Crippen LogP contribution in [0.1, 0.15) is 0 Å². The smallest absolute Gasteiger partial charge is 0.150 e. The van der Waals surface area contributed by atoms with Crippen LogP contribution >= 0.6 is 23.6 Å². The molecule has 2 aromatic rings. The molecule has 2 aromatic heterocycles. The van der Waals surface area contributed by atoms with Gasteiger partial charge in [-0.15, -0.1) is 11.3 Å². The summed E-state index contributed by atoms with van der Waals surface area (Å²) in [6.45, 7) is 4.54. The molecule has 19 heavy (non-hydrogen) atoms. The zero-order chi connectivity index (χ0) is 13.2. The summed E-state index contributed by atoms with van der Waals surface area (Å²) in [6, 6.07) is 2.04. The molecule has 0 aromatic carbocycles. The molecule has 7 heteroatoms. The van der Waals surface area contributed by atoms with Crippen LogP contribution in [0.4, 0.5) is 5.82 Å². The third-order valence-corrected chi connectivity index (χ3v) is 4.30. The van der Waals surface area contributed by atoms with Crippen molar-refractivity contribution < 1.29 is 0 Å². The van der Waals surface area contributed by atoms with Crippen LogP contribution in [0.2, 0.25) is 0 Å². The van der Waals surface area contributed by atoms with Crippen molar-refractivity contribution in [2.75, 3.05) is 37.6 Å². The van der Waals surface area contributed by atoms with E-state index in [1.165, 1.54) is 4.70 Å². The second-order valence-electron chi connectivity index (χ2n) is 4.56. The number of fused-ring (bicyclic) bond motifs is 1. The molecular formula is C12H15N5S2. The number of piperazine rings is 1. The van der Waals surface area contributed by atoms with Gasteiger partial charge in [0.25, 0.3) is 0 Å². The molecule has 5 nitrogen and oxygen atoms in total. The van der Waals surface area contributed by atoms with Crippen LogP contribution in [0, 0.1) is 0 Å². The van der Waals surface area contributed by atoms with Crippen molar-refractivity contribution >= 4 is 44.6 Å². The molecule has 0 saturated carbocycles. The molecule has 3 heterocycles. The van der Waals surface area contributed by atoms with Gasteiger partial charge < -0.3 is 10.6 Å². The van der Waals surface area contributed by atoms with E-state index in [1.807, 2.05) is 6.07 Å². The number of hydrogen-bond donors (Lipinski definition) is 1. The first-order valence-electron chi connectivity index (χ1n) is 6.18. The van der Waals surface area contributed by atoms with Gasteiger partial charge in [0, 0.05) is 32.7 Å². The van der Waals surface area contributed by atoms with Gasteiger partial charge in [-0.25, -0.2) is 9.97 Å². The predicted octanol–water partition coefficient (Wildman–Crippen LogP) is 1.10. The van der Waals surface area contributed by atoms with Crippen molar-refractivity contribution in [3.05, 3.63) is 17.8 Å². The highest BCUT2D eigenvalue weighted by atomic mass is 32.1. The van der Waals surface area contributed by atoms with Gasteiger partial charge in [-0.2, -0.15) is 0 Å². The summed E-state index contributed by atoms with van der Waals surface area (Å²) in [4.78, 5) is 13.9. The Bertz CT molecular complexity index is 589. The minimum Gasteiger partial charge on any atom is -0.392 e. The number of anilines is 1. The van der Waals surface area contributed by atoms with Crippen LogP contribution in [0.3, 0.4) is 0 Å². The molecule has 1 saturated heterocycles. The van der Waals surface area contributed by atoms with Gasteiger partial charge in [0.1, 0.15) is 12.1 Å². The van der Waals surface area contributed by atoms with Gasteiger partial charge in [-0.3, -0.25) is 4.90 Å². The van der Waals surface area contributed by atoms with E-state index < -0.39 is 0 Å². The number of aromatic nitrogens is 2. The lowest BCUT2D eigenvalue weighted by Crippen LogP contribution is -2.48. The van der Waals surface area contributed by atoms with Crippen molar-refractivity contribution in [3.63, 3.8) is 0 Å². The zero-order valence-corrected chi connectivity index (χ0v) is 12.1. The maximum atomic E-state index is 5.59. The van der Waals surface area contributed by atoms with Crippen molar-refractivity contribution in [1.29, 1.82) is 0 Å². The first kappa shape index (κ1) is 12.7. The molecule has 2 N–H and O–H groups in total. The van der Waals surface area contributed by atoms with Crippen LogP contribution in [0.15, 0.2) is 17.8 Å². The molecule has 0 spiro atoms. The highest BCUT2D eigenvalue weighted by Crippen LogP contribution is 2.28. The molecular weight excluding hydrogens is 278 g/mol. The van der Waals surface area contributed by atoms with Crippen molar-refractivity contribution in [1.82, 2.24) is 14.9 Å². The van der Waals surface area contributed by atoms with Gasteiger partial charge in [0.2, 0.25) is 0 Å². The molecule has 1 fully saturated rings. The van der Waals surface area contributed by atoms with Gasteiger partial charge in [-0.05, 0) is 11.4 Å². The molecule has 0 amide bonds. The van der Waals surface area contributed by atoms with Crippen molar-refractivity contribution in [2.45, 2.75) is 0 Å². The highest BCUT2D eigenvalue weighted by molar-refractivity contribution is 7.80. The molecule has 0 atom stereocenters. The fourth-order valence-corrected chi connectivity index (χ4v) is 3.38. The Kier molecular flexibility index (Phi) is 3.58. The van der Waals surface area contributed by atoms with E-state index in [0.29, 0.717) is 11.5 Å². The van der Waals surface area contributed by atoms with E-state index in [-0.39, 0.29) is 0 Å². The Hall–Kier alpha value is -1.31. The Morgan fingerprint density at radius 3 is 2.84 bits per heavy atom. The minimum absolute atomic E-state index is 0.566. The van der Waals surface area contributed by atoms with E-state index in [0.717, 1.165) is 37.5 Å². The summed E-state index contributed by atoms with van der Waals surface area (Å²) in [5, 5.41) is 2.06. The Balaban J connectivity index is 1.75. The fourth-order valence-electron chi connectivity index (χ4n) is 2.34. The topological polar surface area (TPSA) is 58.3 Å². The number of rotatable bonds is 3. The van der Waals surface area contributed by atoms with Gasteiger partial charge in [-0.1, -0.05) is 12.2 Å². The average molecular weight is 293 g/mol. The molecule has 3 rings (SSSR count). The second-order valence-corrected chi connectivity index (χ2v) is 6.00. The fraction of sp³-hybridized carbons (Fsp3) is 0.417. The zero-order valence-electron chi connectivity index (χ0n) is 10.5. The number of thiophene rings is 1. The van der Waals surface area contributed by atoms with E-state index in [9.17, 15) is 0 Å². The van der Waals surface area contributed by atoms with Gasteiger partial charge in [0.05, 0.1) is 15.2 Å². The third-order valence-electron chi connectivity index (χ3n) is 3.28. The van der Waals surface area contributed by atoms with E-state index >= 15 is 0 Å². The Labute approximate surface area is 121 Å². The predicted molar refractivity (Wildman–Crippen MR) is 82.9 cm³/mol. The highest BCUT2D eigenvalue weighted by Gasteiger charge is 2.20. The Morgan fingerprint density at radius 1 is 1.32 bits per heavy atom. The van der Waals surface area contributed by atoms with Crippen LogP contribution in [-0.2, 0) is 0 Å². The maximum Gasteiger partial charge on any atom is 0.150 e. The molecule has 1 aliphatic rings. The number of thiocarbonyl (C=S) groups is 1. The first-order chi connectivity index (χ1) is 9.24. The lowest BCUT2D eigenvalue weighted by molar-refractivity contribution is 0.292. The van der Waals surface area contributed by atoms with Crippen LogP contribution in [0.25, 0.3) is 10.2 Å². The van der Waals surface area contributed by atoms with Crippen LogP contribution in [0.5, 0.6) is 0 Å². The summed E-state index contributed by atoms with van der Waals surface area (Å²) in [5.74, 6) is 1.05. The quantitative estimate of drug-likeness (QED) is 0.855. The van der Waals surface area contributed by atoms with E-state index in [1.54, 1.807) is 17.7 Å². The van der Waals surface area contributed by atoms with E-state index in [4.69, 9.17) is 18.0 Å². The second kappa shape index (κ2) is 5.36. The maximum absolute atomic E-state index is 5.59. The summed E-state index contributed by atoms with van der Waals surface area (Å²) in [5.41, 5.74) is 6.62. The minimum atomic E-state index is 0.566. The van der Waals surface area contributed by atoms with Crippen molar-refractivity contribution in [2.24, 2.45) is 5.73 Å². The standard InChI is InChI=1S/C12H15N5S2/c13-10(18)7-16-2-4-17(5-3-16)12-11-9(1-6-19-11)14-8-15-12/h1,6,8H,2-5,7H2,(H2,13,18). The molecule has 0 aliphatic carbocycles. The lowest BCUT2D eigenvalue weighted by Gasteiger charge is -2.35. The largest absolute Gasteiger partial charge is 0.392 e. The van der Waals surface area contributed by atoms with Gasteiger partial charge >= 0.3 is 0 Å².